The maximum Gasteiger partial charge on any atom is 0.273 e. The van der Waals surface area contributed by atoms with E-state index in [4.69, 9.17) is 4.74 Å². The van der Waals surface area contributed by atoms with E-state index < -0.39 is 0 Å². The molecule has 0 unspecified atom stereocenters. The molecule has 1 aromatic heterocycles. The molecule has 1 amide bonds. The summed E-state index contributed by atoms with van der Waals surface area (Å²) in [6.45, 7) is 4.00. The number of aromatic nitrogens is 1. The van der Waals surface area contributed by atoms with Crippen LogP contribution in [0.2, 0.25) is 0 Å². The third kappa shape index (κ3) is 5.89. The Morgan fingerprint density at radius 3 is 2.77 bits per heavy atom. The maximum atomic E-state index is 13.0. The van der Waals surface area contributed by atoms with Gasteiger partial charge in [-0.25, -0.2) is 9.37 Å². The third-order valence-corrected chi connectivity index (χ3v) is 6.27. The first-order chi connectivity index (χ1) is 15.1. The van der Waals surface area contributed by atoms with Crippen molar-refractivity contribution in [3.8, 4) is 5.75 Å². The number of nitrogens with zero attached hydrogens (tertiary/aromatic N) is 3. The molecule has 31 heavy (non-hydrogen) atoms. The van der Waals surface area contributed by atoms with Gasteiger partial charge in [0.15, 0.2) is 0 Å². The molecular weight excluding hydrogens is 413 g/mol. The highest BCUT2D eigenvalue weighted by atomic mass is 32.1. The largest absolute Gasteiger partial charge is 0.486 e. The van der Waals surface area contributed by atoms with E-state index in [9.17, 15) is 9.18 Å². The van der Waals surface area contributed by atoms with Gasteiger partial charge in [0.25, 0.3) is 5.91 Å². The van der Waals surface area contributed by atoms with E-state index in [-0.39, 0.29) is 18.3 Å². The zero-order chi connectivity index (χ0) is 21.6. The van der Waals surface area contributed by atoms with Crippen molar-refractivity contribution < 1.29 is 13.9 Å². The lowest BCUT2D eigenvalue weighted by molar-refractivity contribution is 0.0767. The van der Waals surface area contributed by atoms with Crippen molar-refractivity contribution in [2.75, 3.05) is 26.7 Å². The van der Waals surface area contributed by atoms with Gasteiger partial charge in [-0.2, -0.15) is 0 Å². The zero-order valence-corrected chi connectivity index (χ0v) is 18.4. The Morgan fingerprint density at radius 2 is 2.00 bits per heavy atom. The predicted octanol–water partition coefficient (Wildman–Crippen LogP) is 4.46. The van der Waals surface area contributed by atoms with Crippen LogP contribution in [-0.4, -0.2) is 47.4 Å². The topological polar surface area (TPSA) is 45.7 Å². The van der Waals surface area contributed by atoms with Gasteiger partial charge in [0.1, 0.15) is 28.9 Å². The second-order valence-electron chi connectivity index (χ2n) is 7.93. The Hall–Kier alpha value is -2.77. The van der Waals surface area contributed by atoms with E-state index in [1.807, 2.05) is 13.1 Å². The van der Waals surface area contributed by atoms with Crippen molar-refractivity contribution in [2.45, 2.75) is 19.6 Å². The first-order valence-electron chi connectivity index (χ1n) is 10.4. The molecule has 1 aliphatic rings. The van der Waals surface area contributed by atoms with Gasteiger partial charge < -0.3 is 9.64 Å². The number of ether oxygens (including phenoxy) is 1. The summed E-state index contributed by atoms with van der Waals surface area (Å²) in [7, 11) is 1.84. The van der Waals surface area contributed by atoms with E-state index in [1.165, 1.54) is 29.0 Å². The first-order valence-corrected chi connectivity index (χ1v) is 11.3. The lowest BCUT2D eigenvalue weighted by Crippen LogP contribution is -2.33. The second kappa shape index (κ2) is 10.0. The summed E-state index contributed by atoms with van der Waals surface area (Å²) < 4.78 is 18.6. The number of likely N-dealkylation sites (tertiary alicyclic amines) is 1. The Morgan fingerprint density at radius 1 is 1.23 bits per heavy atom. The van der Waals surface area contributed by atoms with E-state index in [1.54, 1.807) is 22.4 Å². The summed E-state index contributed by atoms with van der Waals surface area (Å²) in [5.41, 5.74) is 1.77. The minimum Gasteiger partial charge on any atom is -0.486 e. The van der Waals surface area contributed by atoms with Crippen molar-refractivity contribution in [1.82, 2.24) is 14.8 Å². The highest BCUT2D eigenvalue weighted by Crippen LogP contribution is 2.21. The number of hydrogen-bond donors (Lipinski definition) is 0. The van der Waals surface area contributed by atoms with Crippen LogP contribution in [0.25, 0.3) is 0 Å². The maximum absolute atomic E-state index is 13.0. The van der Waals surface area contributed by atoms with Crippen molar-refractivity contribution >= 4 is 17.2 Å². The molecule has 5 nitrogen and oxygen atoms in total. The Kier molecular flexibility index (Phi) is 6.94. The first kappa shape index (κ1) is 21.5. The zero-order valence-electron chi connectivity index (χ0n) is 17.5. The molecule has 4 rings (SSSR count). The van der Waals surface area contributed by atoms with E-state index in [0.717, 1.165) is 37.6 Å². The van der Waals surface area contributed by atoms with Crippen LogP contribution in [-0.2, 0) is 13.2 Å². The van der Waals surface area contributed by atoms with Gasteiger partial charge in [0.2, 0.25) is 0 Å². The number of carbonyl (C=O) groups excluding carboxylic acids is 1. The number of carbonyl (C=O) groups is 1. The van der Waals surface area contributed by atoms with Crippen LogP contribution in [0.4, 0.5) is 4.39 Å². The van der Waals surface area contributed by atoms with Gasteiger partial charge in [0, 0.05) is 32.1 Å². The number of benzene rings is 2. The summed E-state index contributed by atoms with van der Waals surface area (Å²) >= 11 is 1.40. The molecule has 0 radical (unpaired) electrons. The summed E-state index contributed by atoms with van der Waals surface area (Å²) in [4.78, 5) is 21.5. The lowest BCUT2D eigenvalue weighted by atomic mass is 10.1. The molecule has 1 fully saturated rings. The van der Waals surface area contributed by atoms with Gasteiger partial charge >= 0.3 is 0 Å². The van der Waals surface area contributed by atoms with Crippen LogP contribution in [0, 0.1) is 11.7 Å². The second-order valence-corrected chi connectivity index (χ2v) is 8.87. The summed E-state index contributed by atoms with van der Waals surface area (Å²) in [6, 6.07) is 16.3. The minimum absolute atomic E-state index is 0.0641. The van der Waals surface area contributed by atoms with Crippen LogP contribution < -0.4 is 4.74 Å². The molecule has 7 heteroatoms. The molecule has 1 saturated heterocycles. The summed E-state index contributed by atoms with van der Waals surface area (Å²) in [5.74, 6) is 0.675. The van der Waals surface area contributed by atoms with Gasteiger partial charge in [0.05, 0.1) is 0 Å². The van der Waals surface area contributed by atoms with Crippen molar-refractivity contribution in [2.24, 2.45) is 5.92 Å². The molecule has 162 valence electrons. The van der Waals surface area contributed by atoms with Crippen molar-refractivity contribution in [3.63, 3.8) is 0 Å². The average molecular weight is 440 g/mol. The fraction of sp³-hybridized carbons (Fsp3) is 0.333. The Bertz CT molecular complexity index is 994. The Balaban J connectivity index is 1.25. The predicted molar refractivity (Wildman–Crippen MR) is 120 cm³/mol. The van der Waals surface area contributed by atoms with Crippen molar-refractivity contribution in [3.05, 3.63) is 82.1 Å². The molecule has 2 aromatic carbocycles. The monoisotopic (exact) mass is 439 g/mol. The standard InChI is InChI=1S/C24H26FN3O2S/c1-27(13-19-11-12-28(15-19)14-18-5-3-2-4-6-18)24(29)22-17-31-23(26-22)16-30-21-9-7-20(25)8-10-21/h2-10,17,19H,11-16H2,1H3/t19-/m0/s1. The molecule has 1 aliphatic heterocycles. The molecule has 0 aliphatic carbocycles. The number of halogens is 1. The number of amides is 1. The van der Waals surface area contributed by atoms with Crippen LogP contribution in [0.15, 0.2) is 60.0 Å². The third-order valence-electron chi connectivity index (χ3n) is 5.44. The van der Waals surface area contributed by atoms with Crippen LogP contribution in [0.3, 0.4) is 0 Å². The molecule has 0 spiro atoms. The Labute approximate surface area is 186 Å². The van der Waals surface area contributed by atoms with E-state index in [0.29, 0.717) is 17.4 Å². The van der Waals surface area contributed by atoms with Gasteiger partial charge in [-0.1, -0.05) is 30.3 Å². The summed E-state index contributed by atoms with van der Waals surface area (Å²) in [6.07, 6.45) is 1.10. The van der Waals surface area contributed by atoms with Crippen LogP contribution >= 0.6 is 11.3 Å². The number of rotatable bonds is 8. The molecule has 3 aromatic rings. The number of thiazole rings is 1. The van der Waals surface area contributed by atoms with Crippen LogP contribution in [0.1, 0.15) is 27.5 Å². The fourth-order valence-electron chi connectivity index (χ4n) is 3.86. The summed E-state index contributed by atoms with van der Waals surface area (Å²) in [5, 5.41) is 2.49. The average Bonchev–Trinajstić information content (AvgIpc) is 3.43. The van der Waals surface area contributed by atoms with Gasteiger partial charge in [-0.3, -0.25) is 9.69 Å². The molecule has 1 atom stereocenters. The molecule has 0 saturated carbocycles. The van der Waals surface area contributed by atoms with Crippen LogP contribution in [0.5, 0.6) is 5.75 Å². The molecule has 0 bridgehead atoms. The van der Waals surface area contributed by atoms with E-state index in [2.05, 4.69) is 34.1 Å². The minimum atomic E-state index is -0.303. The normalized spacial score (nSPS) is 16.4. The SMILES string of the molecule is CN(C[C@@H]1CCN(Cc2ccccc2)C1)C(=O)c1csc(COc2ccc(F)cc2)n1. The highest BCUT2D eigenvalue weighted by Gasteiger charge is 2.26. The fourth-order valence-corrected chi connectivity index (χ4v) is 4.54. The lowest BCUT2D eigenvalue weighted by Gasteiger charge is -2.21. The van der Waals surface area contributed by atoms with Gasteiger partial charge in [-0.05, 0) is 48.7 Å². The molecular formula is C24H26FN3O2S. The van der Waals surface area contributed by atoms with Crippen molar-refractivity contribution in [1.29, 1.82) is 0 Å². The molecule has 0 N–H and O–H groups in total. The smallest absolute Gasteiger partial charge is 0.273 e. The van der Waals surface area contributed by atoms with Gasteiger partial charge in [-0.15, -0.1) is 11.3 Å². The van der Waals surface area contributed by atoms with E-state index >= 15 is 0 Å². The highest BCUT2D eigenvalue weighted by molar-refractivity contribution is 7.09. The molecule has 2 heterocycles. The quantitative estimate of drug-likeness (QED) is 0.520. The number of hydrogen-bond acceptors (Lipinski definition) is 5.